The Morgan fingerprint density at radius 2 is 2.17 bits per heavy atom. The maximum atomic E-state index is 12.2. The molecule has 0 spiro atoms. The Morgan fingerprint density at radius 3 is 2.67 bits per heavy atom. The van der Waals surface area contributed by atoms with Crippen molar-refractivity contribution in [2.24, 2.45) is 0 Å². The molecule has 1 rings (SSSR count). The molecule has 1 aromatic rings. The summed E-state index contributed by atoms with van der Waals surface area (Å²) >= 11 is 1.55. The van der Waals surface area contributed by atoms with Crippen LogP contribution in [0.1, 0.15) is 38.5 Å². The van der Waals surface area contributed by atoms with E-state index in [1.807, 2.05) is 38.3 Å². The van der Waals surface area contributed by atoms with Gasteiger partial charge in [0.15, 0.2) is 0 Å². The highest BCUT2D eigenvalue weighted by atomic mass is 32.1. The smallest absolute Gasteiger partial charge is 0.303 e. The second-order valence-electron chi connectivity index (χ2n) is 4.91. The largest absolute Gasteiger partial charge is 0.481 e. The zero-order chi connectivity index (χ0) is 13.8. The first-order valence-electron chi connectivity index (χ1n) is 5.90. The number of rotatable bonds is 6. The van der Waals surface area contributed by atoms with Gasteiger partial charge in [-0.05, 0) is 38.6 Å². The fourth-order valence-electron chi connectivity index (χ4n) is 1.56. The number of carboxylic acid groups (broad SMARTS) is 1. The van der Waals surface area contributed by atoms with Gasteiger partial charge >= 0.3 is 5.97 Å². The van der Waals surface area contributed by atoms with Crippen molar-refractivity contribution < 1.29 is 14.7 Å². The number of thiophene rings is 1. The monoisotopic (exact) mass is 269 g/mol. The molecule has 4 nitrogen and oxygen atoms in total. The number of carbonyl (C=O) groups excluding carboxylic acids is 1. The lowest BCUT2D eigenvalue weighted by atomic mass is 9.90. The van der Waals surface area contributed by atoms with Crippen molar-refractivity contribution >= 4 is 23.2 Å². The molecular weight excluding hydrogens is 250 g/mol. The summed E-state index contributed by atoms with van der Waals surface area (Å²) in [6.45, 7) is 5.57. The van der Waals surface area contributed by atoms with E-state index < -0.39 is 11.4 Å². The molecule has 2 N–H and O–H groups in total. The number of carbonyl (C=O) groups is 2. The predicted octanol–water partition coefficient (Wildman–Crippen LogP) is 2.40. The average Bonchev–Trinajstić information content (AvgIpc) is 2.80. The van der Waals surface area contributed by atoms with Gasteiger partial charge in [0.2, 0.25) is 5.91 Å². The Labute approximate surface area is 111 Å². The molecule has 0 saturated heterocycles. The molecule has 0 radical (unpaired) electrons. The third-order valence-corrected chi connectivity index (χ3v) is 4.07. The molecule has 18 heavy (non-hydrogen) atoms. The van der Waals surface area contributed by atoms with Crippen molar-refractivity contribution in [3.05, 3.63) is 22.4 Å². The fraction of sp³-hybridized carbons (Fsp3) is 0.538. The molecule has 5 heteroatoms. The van der Waals surface area contributed by atoms with Crippen LogP contribution in [-0.2, 0) is 15.0 Å². The van der Waals surface area contributed by atoms with E-state index in [0.29, 0.717) is 6.42 Å². The Bertz CT molecular complexity index is 412. The third-order valence-electron chi connectivity index (χ3n) is 2.87. The van der Waals surface area contributed by atoms with Gasteiger partial charge in [-0.2, -0.15) is 0 Å². The average molecular weight is 269 g/mol. The second-order valence-corrected chi connectivity index (χ2v) is 5.86. The molecule has 1 aromatic heterocycles. The van der Waals surface area contributed by atoms with Crippen molar-refractivity contribution in [3.8, 4) is 0 Å². The van der Waals surface area contributed by atoms with Crippen LogP contribution in [0.25, 0.3) is 0 Å². The molecule has 0 aliphatic heterocycles. The molecule has 100 valence electrons. The van der Waals surface area contributed by atoms with E-state index in [-0.39, 0.29) is 18.4 Å². The molecule has 0 bridgehead atoms. The van der Waals surface area contributed by atoms with Crippen LogP contribution < -0.4 is 5.32 Å². The van der Waals surface area contributed by atoms with E-state index in [1.165, 1.54) is 0 Å². The quantitative estimate of drug-likeness (QED) is 0.833. The minimum atomic E-state index is -0.839. The lowest BCUT2D eigenvalue weighted by Gasteiger charge is -2.24. The van der Waals surface area contributed by atoms with E-state index in [2.05, 4.69) is 5.32 Å². The molecule has 1 amide bonds. The highest BCUT2D eigenvalue weighted by Gasteiger charge is 2.31. The van der Waals surface area contributed by atoms with Crippen LogP contribution >= 0.6 is 11.3 Å². The van der Waals surface area contributed by atoms with Crippen LogP contribution in [0.15, 0.2) is 17.5 Å². The van der Waals surface area contributed by atoms with Gasteiger partial charge in [0.1, 0.15) is 0 Å². The fourth-order valence-corrected chi connectivity index (χ4v) is 2.41. The summed E-state index contributed by atoms with van der Waals surface area (Å²) < 4.78 is 0. The Balaban J connectivity index is 2.57. The maximum Gasteiger partial charge on any atom is 0.303 e. The zero-order valence-corrected chi connectivity index (χ0v) is 11.7. The lowest BCUT2D eigenvalue weighted by molar-refractivity contribution is -0.137. The second kappa shape index (κ2) is 6.00. The number of amides is 1. The topological polar surface area (TPSA) is 66.4 Å². The summed E-state index contributed by atoms with van der Waals surface area (Å²) in [6.07, 6.45) is 0.516. The van der Waals surface area contributed by atoms with Crippen LogP contribution in [0.4, 0.5) is 0 Å². The first-order chi connectivity index (χ1) is 8.34. The Hall–Kier alpha value is -1.36. The maximum absolute atomic E-state index is 12.2. The van der Waals surface area contributed by atoms with E-state index >= 15 is 0 Å². The molecule has 0 aromatic carbocycles. The van der Waals surface area contributed by atoms with Crippen molar-refractivity contribution in [3.63, 3.8) is 0 Å². The van der Waals surface area contributed by atoms with Crippen molar-refractivity contribution in [1.29, 1.82) is 0 Å². The molecule has 0 aliphatic carbocycles. The Kier molecular flexibility index (Phi) is 4.90. The molecule has 1 atom stereocenters. The minimum Gasteiger partial charge on any atom is -0.481 e. The van der Waals surface area contributed by atoms with E-state index in [1.54, 1.807) is 11.3 Å². The number of hydrogen-bond acceptors (Lipinski definition) is 3. The van der Waals surface area contributed by atoms with Gasteiger partial charge in [-0.1, -0.05) is 6.07 Å². The standard InChI is InChI=1S/C13H19NO3S/c1-9(6-7-11(15)16)14-12(17)13(2,3)10-5-4-8-18-10/h4-5,8-9H,6-7H2,1-3H3,(H,14,17)(H,15,16). The van der Waals surface area contributed by atoms with Gasteiger partial charge in [0.25, 0.3) is 0 Å². The molecule has 1 heterocycles. The highest BCUT2D eigenvalue weighted by molar-refractivity contribution is 7.10. The van der Waals surface area contributed by atoms with Crippen LogP contribution in [0, 0.1) is 0 Å². The van der Waals surface area contributed by atoms with Crippen molar-refractivity contribution in [1.82, 2.24) is 5.32 Å². The van der Waals surface area contributed by atoms with Gasteiger partial charge in [-0.3, -0.25) is 9.59 Å². The summed E-state index contributed by atoms with van der Waals surface area (Å²) in [5, 5.41) is 13.4. The van der Waals surface area contributed by atoms with Crippen LogP contribution in [0.5, 0.6) is 0 Å². The number of hydrogen-bond donors (Lipinski definition) is 2. The van der Waals surface area contributed by atoms with Crippen molar-refractivity contribution in [2.75, 3.05) is 0 Å². The zero-order valence-electron chi connectivity index (χ0n) is 10.9. The number of aliphatic carboxylic acids is 1. The molecule has 1 unspecified atom stereocenters. The van der Waals surface area contributed by atoms with Crippen LogP contribution in [0.3, 0.4) is 0 Å². The number of carboxylic acids is 1. The summed E-state index contributed by atoms with van der Waals surface area (Å²) in [6, 6.07) is 3.72. The normalized spacial score (nSPS) is 13.1. The van der Waals surface area contributed by atoms with E-state index in [9.17, 15) is 9.59 Å². The molecular formula is C13H19NO3S. The molecule has 0 fully saturated rings. The lowest BCUT2D eigenvalue weighted by Crippen LogP contribution is -2.43. The SMILES string of the molecule is CC(CCC(=O)O)NC(=O)C(C)(C)c1cccs1. The first kappa shape index (κ1) is 14.7. The van der Waals surface area contributed by atoms with Gasteiger partial charge in [0.05, 0.1) is 5.41 Å². The minimum absolute atomic E-state index is 0.0668. The van der Waals surface area contributed by atoms with Crippen LogP contribution in [0.2, 0.25) is 0 Å². The predicted molar refractivity (Wildman–Crippen MR) is 71.8 cm³/mol. The van der Waals surface area contributed by atoms with Gasteiger partial charge in [-0.25, -0.2) is 0 Å². The number of nitrogens with one attached hydrogen (secondary N) is 1. The summed E-state index contributed by atoms with van der Waals surface area (Å²) in [5.74, 6) is -0.906. The van der Waals surface area contributed by atoms with Crippen LogP contribution in [-0.4, -0.2) is 23.0 Å². The highest BCUT2D eigenvalue weighted by Crippen LogP contribution is 2.27. The molecule has 0 saturated carbocycles. The molecule has 0 aliphatic rings. The van der Waals surface area contributed by atoms with Gasteiger partial charge in [0, 0.05) is 17.3 Å². The summed E-state index contributed by atoms with van der Waals surface area (Å²) in [7, 11) is 0. The van der Waals surface area contributed by atoms with Gasteiger partial charge < -0.3 is 10.4 Å². The van der Waals surface area contributed by atoms with Crippen molar-refractivity contribution in [2.45, 2.75) is 45.1 Å². The Morgan fingerprint density at radius 1 is 1.50 bits per heavy atom. The van der Waals surface area contributed by atoms with E-state index in [0.717, 1.165) is 4.88 Å². The van der Waals surface area contributed by atoms with E-state index in [4.69, 9.17) is 5.11 Å². The summed E-state index contributed by atoms with van der Waals surface area (Å²) in [4.78, 5) is 23.6. The third kappa shape index (κ3) is 3.84. The summed E-state index contributed by atoms with van der Waals surface area (Å²) in [5.41, 5.74) is -0.578. The van der Waals surface area contributed by atoms with Gasteiger partial charge in [-0.15, -0.1) is 11.3 Å². The first-order valence-corrected chi connectivity index (χ1v) is 6.78.